The van der Waals surface area contributed by atoms with Crippen molar-refractivity contribution in [2.24, 2.45) is 0 Å². The van der Waals surface area contributed by atoms with Crippen molar-refractivity contribution in [2.45, 2.75) is 19.3 Å². The fourth-order valence-electron chi connectivity index (χ4n) is 2.71. The van der Waals surface area contributed by atoms with Crippen molar-refractivity contribution in [1.82, 2.24) is 4.98 Å². The number of nitrogens with one attached hydrogen (secondary N) is 1. The summed E-state index contributed by atoms with van der Waals surface area (Å²) in [6, 6.07) is 10.5. The molecule has 0 amide bonds. The maximum absolute atomic E-state index is 13.3. The Labute approximate surface area is 117 Å². The number of anilines is 1. The summed E-state index contributed by atoms with van der Waals surface area (Å²) in [5.41, 5.74) is 2.19. The molecular formula is C16H16FN3. The Balaban J connectivity index is 1.98. The third kappa shape index (κ3) is 2.39. The zero-order valence-corrected chi connectivity index (χ0v) is 11.2. The van der Waals surface area contributed by atoms with Crippen LogP contribution in [0.2, 0.25) is 0 Å². The number of hydrogen-bond acceptors (Lipinski definition) is 2. The fourth-order valence-corrected chi connectivity index (χ4v) is 2.71. The molecule has 1 N–H and O–H groups in total. The minimum absolute atomic E-state index is 0.268. The van der Waals surface area contributed by atoms with Gasteiger partial charge in [0.15, 0.2) is 0 Å². The van der Waals surface area contributed by atoms with Crippen LogP contribution in [0.3, 0.4) is 0 Å². The lowest BCUT2D eigenvalue weighted by molar-refractivity contribution is 0.574. The molecular weight excluding hydrogens is 253 g/mol. The molecule has 0 aliphatic carbocycles. The monoisotopic (exact) mass is 269 g/mol. The summed E-state index contributed by atoms with van der Waals surface area (Å²) >= 11 is 0. The Hall–Kier alpha value is -2.28. The van der Waals surface area contributed by atoms with Crippen LogP contribution in [0.15, 0.2) is 30.3 Å². The Morgan fingerprint density at radius 3 is 2.65 bits per heavy atom. The summed E-state index contributed by atoms with van der Waals surface area (Å²) < 4.78 is 13.3. The van der Waals surface area contributed by atoms with Crippen molar-refractivity contribution in [2.75, 3.05) is 18.0 Å². The molecule has 1 saturated heterocycles. The van der Waals surface area contributed by atoms with E-state index in [9.17, 15) is 9.65 Å². The van der Waals surface area contributed by atoms with Crippen LogP contribution in [-0.2, 0) is 0 Å². The fraction of sp³-hybridized carbons (Fsp3) is 0.312. The number of H-pyrrole nitrogens is 1. The summed E-state index contributed by atoms with van der Waals surface area (Å²) in [7, 11) is 0. The maximum atomic E-state index is 13.3. The van der Waals surface area contributed by atoms with E-state index in [-0.39, 0.29) is 5.82 Å². The first-order valence-corrected chi connectivity index (χ1v) is 6.92. The first-order chi connectivity index (χ1) is 9.78. The van der Waals surface area contributed by atoms with Crippen molar-refractivity contribution >= 4 is 5.82 Å². The smallest absolute Gasteiger partial charge is 0.124 e. The predicted octanol–water partition coefficient (Wildman–Crippen LogP) is 3.68. The van der Waals surface area contributed by atoms with E-state index in [0.717, 1.165) is 43.0 Å². The summed E-state index contributed by atoms with van der Waals surface area (Å²) in [6.45, 7) is 1.94. The Morgan fingerprint density at radius 1 is 1.15 bits per heavy atom. The van der Waals surface area contributed by atoms with Crippen LogP contribution in [0.25, 0.3) is 11.3 Å². The molecule has 0 unspecified atom stereocenters. The highest BCUT2D eigenvalue weighted by atomic mass is 19.1. The van der Waals surface area contributed by atoms with Gasteiger partial charge in [-0.1, -0.05) is 12.1 Å². The van der Waals surface area contributed by atoms with E-state index >= 15 is 0 Å². The number of aromatic nitrogens is 1. The van der Waals surface area contributed by atoms with E-state index in [1.807, 2.05) is 6.07 Å². The summed E-state index contributed by atoms with van der Waals surface area (Å²) in [5.74, 6) is 0.599. The third-order valence-electron chi connectivity index (χ3n) is 3.73. The first-order valence-electron chi connectivity index (χ1n) is 6.92. The van der Waals surface area contributed by atoms with E-state index in [1.165, 1.54) is 18.6 Å². The van der Waals surface area contributed by atoms with Gasteiger partial charge >= 0.3 is 0 Å². The number of benzene rings is 1. The zero-order valence-electron chi connectivity index (χ0n) is 11.2. The van der Waals surface area contributed by atoms with Crippen LogP contribution in [0.1, 0.15) is 24.8 Å². The molecule has 0 bridgehead atoms. The lowest BCUT2D eigenvalue weighted by Crippen LogP contribution is -2.30. The highest BCUT2D eigenvalue weighted by molar-refractivity contribution is 5.69. The summed E-state index contributed by atoms with van der Waals surface area (Å²) in [6.07, 6.45) is 3.55. The van der Waals surface area contributed by atoms with Gasteiger partial charge < -0.3 is 9.88 Å². The highest BCUT2D eigenvalue weighted by Crippen LogP contribution is 2.29. The second kappa shape index (κ2) is 5.38. The van der Waals surface area contributed by atoms with E-state index in [2.05, 4.69) is 16.0 Å². The van der Waals surface area contributed by atoms with Gasteiger partial charge in [0, 0.05) is 24.3 Å². The number of rotatable bonds is 2. The van der Waals surface area contributed by atoms with E-state index in [1.54, 1.807) is 12.1 Å². The quantitative estimate of drug-likeness (QED) is 0.903. The standard InChI is InChI=1S/C16H16FN3/c17-14-6-4-5-12(9-14)15-10-13(11-18)16(19-15)20-7-2-1-3-8-20/h4-6,9-10,19H,1-3,7-8H2. The molecule has 4 heteroatoms. The Bertz CT molecular complexity index is 648. The van der Waals surface area contributed by atoms with Gasteiger partial charge in [-0.25, -0.2) is 4.39 Å². The molecule has 2 aromatic rings. The Kier molecular flexibility index (Phi) is 3.42. The zero-order chi connectivity index (χ0) is 13.9. The average molecular weight is 269 g/mol. The van der Waals surface area contributed by atoms with Crippen molar-refractivity contribution in [3.63, 3.8) is 0 Å². The normalized spacial score (nSPS) is 15.1. The maximum Gasteiger partial charge on any atom is 0.124 e. The Morgan fingerprint density at radius 2 is 1.95 bits per heavy atom. The van der Waals surface area contributed by atoms with Crippen molar-refractivity contribution in [1.29, 1.82) is 5.26 Å². The predicted molar refractivity (Wildman–Crippen MR) is 77.0 cm³/mol. The molecule has 0 saturated carbocycles. The molecule has 2 heterocycles. The van der Waals surface area contributed by atoms with Crippen LogP contribution in [-0.4, -0.2) is 18.1 Å². The topological polar surface area (TPSA) is 42.8 Å². The number of halogens is 1. The van der Waals surface area contributed by atoms with Gasteiger partial charge in [0.1, 0.15) is 17.7 Å². The minimum Gasteiger partial charge on any atom is -0.357 e. The molecule has 3 nitrogen and oxygen atoms in total. The van der Waals surface area contributed by atoms with Crippen LogP contribution in [0.4, 0.5) is 10.2 Å². The number of nitrogens with zero attached hydrogens (tertiary/aromatic N) is 2. The van der Waals surface area contributed by atoms with E-state index in [0.29, 0.717) is 5.56 Å². The molecule has 1 fully saturated rings. The molecule has 1 aromatic heterocycles. The van der Waals surface area contributed by atoms with Crippen molar-refractivity contribution in [3.8, 4) is 17.3 Å². The molecule has 102 valence electrons. The van der Waals surface area contributed by atoms with E-state index in [4.69, 9.17) is 0 Å². The average Bonchev–Trinajstić information content (AvgIpc) is 2.92. The van der Waals surface area contributed by atoms with Gasteiger partial charge in [-0.15, -0.1) is 0 Å². The lowest BCUT2D eigenvalue weighted by atomic mass is 10.1. The van der Waals surface area contributed by atoms with Crippen LogP contribution in [0, 0.1) is 17.1 Å². The van der Waals surface area contributed by atoms with Gasteiger partial charge in [0.25, 0.3) is 0 Å². The molecule has 0 atom stereocenters. The van der Waals surface area contributed by atoms with Gasteiger partial charge in [-0.3, -0.25) is 0 Å². The van der Waals surface area contributed by atoms with Crippen molar-refractivity contribution in [3.05, 3.63) is 41.7 Å². The number of aromatic amines is 1. The molecule has 0 radical (unpaired) electrons. The SMILES string of the molecule is N#Cc1cc(-c2cccc(F)c2)[nH]c1N1CCCCC1. The van der Waals surface area contributed by atoms with Crippen LogP contribution in [0.5, 0.6) is 0 Å². The highest BCUT2D eigenvalue weighted by Gasteiger charge is 2.18. The van der Waals surface area contributed by atoms with Gasteiger partial charge in [0.2, 0.25) is 0 Å². The molecule has 1 aromatic carbocycles. The molecule has 0 spiro atoms. The van der Waals surface area contributed by atoms with Gasteiger partial charge in [-0.05, 0) is 37.5 Å². The lowest BCUT2D eigenvalue weighted by Gasteiger charge is -2.27. The first kappa shape index (κ1) is 12.7. The molecule has 1 aliphatic rings. The number of piperidine rings is 1. The van der Waals surface area contributed by atoms with Crippen molar-refractivity contribution < 1.29 is 4.39 Å². The van der Waals surface area contributed by atoms with E-state index < -0.39 is 0 Å². The number of hydrogen-bond donors (Lipinski definition) is 1. The summed E-state index contributed by atoms with van der Waals surface area (Å²) in [5, 5.41) is 9.29. The second-order valence-corrected chi connectivity index (χ2v) is 5.12. The third-order valence-corrected chi connectivity index (χ3v) is 3.73. The van der Waals surface area contributed by atoms with Crippen LogP contribution < -0.4 is 4.90 Å². The molecule has 20 heavy (non-hydrogen) atoms. The van der Waals surface area contributed by atoms with Gasteiger partial charge in [-0.2, -0.15) is 5.26 Å². The summed E-state index contributed by atoms with van der Waals surface area (Å²) in [4.78, 5) is 5.50. The molecule has 3 rings (SSSR count). The van der Waals surface area contributed by atoms with Gasteiger partial charge in [0.05, 0.1) is 5.56 Å². The van der Waals surface area contributed by atoms with Crippen LogP contribution >= 0.6 is 0 Å². The largest absolute Gasteiger partial charge is 0.357 e. The number of nitriles is 1. The molecule has 1 aliphatic heterocycles. The second-order valence-electron chi connectivity index (χ2n) is 5.12. The minimum atomic E-state index is -0.268.